The minimum atomic E-state index is -4.73. The maximum absolute atomic E-state index is 12.6. The lowest BCUT2D eigenvalue weighted by atomic mass is 10.1. The molecule has 0 fully saturated rings. The lowest BCUT2D eigenvalue weighted by Crippen LogP contribution is -2.34. The molecule has 0 heterocycles. The molecule has 0 aliphatic carbocycles. The first kappa shape index (κ1) is 51.9. The second-order valence-corrected chi connectivity index (χ2v) is 14.8. The number of allylic oxidation sites excluding steroid dienone is 12. The van der Waals surface area contributed by atoms with Crippen molar-refractivity contribution in [3.8, 4) is 0 Å². The molecule has 1 unspecified atom stereocenters. The van der Waals surface area contributed by atoms with Crippen LogP contribution >= 0.6 is 7.82 Å². The Morgan fingerprint density at radius 1 is 0.582 bits per heavy atom. The molecule has 0 bridgehead atoms. The van der Waals surface area contributed by atoms with E-state index in [0.29, 0.717) is 19.3 Å². The molecule has 0 amide bonds. The topological polar surface area (TPSA) is 172 Å². The average molecular weight is 794 g/mol. The van der Waals surface area contributed by atoms with Crippen molar-refractivity contribution >= 4 is 25.7 Å². The van der Waals surface area contributed by atoms with Gasteiger partial charge in [-0.2, -0.15) is 0 Å². The third-order valence-corrected chi connectivity index (χ3v) is 9.14. The van der Waals surface area contributed by atoms with E-state index in [0.717, 1.165) is 70.6 Å². The summed E-state index contributed by atoms with van der Waals surface area (Å²) in [6.07, 6.45) is 44.0. The highest BCUT2D eigenvalue weighted by atomic mass is 31.2. The lowest BCUT2D eigenvalue weighted by Gasteiger charge is -2.20. The molecule has 0 radical (unpaired) electrons. The van der Waals surface area contributed by atoms with Crippen LogP contribution in [0.3, 0.4) is 0 Å². The Labute approximate surface area is 331 Å². The summed E-state index contributed by atoms with van der Waals surface area (Å²) in [4.78, 5) is 45.8. The van der Waals surface area contributed by atoms with Gasteiger partial charge in [0.1, 0.15) is 12.6 Å². The number of carbonyl (C=O) groups is 3. The van der Waals surface area contributed by atoms with Crippen molar-refractivity contribution in [3.63, 3.8) is 0 Å². The summed E-state index contributed by atoms with van der Waals surface area (Å²) in [5.41, 5.74) is 5.32. The summed E-state index contributed by atoms with van der Waals surface area (Å²) < 4.78 is 32.6. The number of hydrogen-bond donors (Lipinski definition) is 3. The predicted molar refractivity (Wildman–Crippen MR) is 221 cm³/mol. The number of phosphoric ester groups is 1. The fraction of sp³-hybridized carbons (Fsp3) is 0.651. The molecule has 12 heteroatoms. The Hall–Kier alpha value is -3.08. The van der Waals surface area contributed by atoms with Gasteiger partial charge in [-0.05, 0) is 77.0 Å². The highest BCUT2D eigenvalue weighted by molar-refractivity contribution is 7.47. The van der Waals surface area contributed by atoms with E-state index in [1.165, 1.54) is 32.1 Å². The van der Waals surface area contributed by atoms with E-state index in [-0.39, 0.29) is 19.4 Å². The van der Waals surface area contributed by atoms with Gasteiger partial charge in [-0.3, -0.25) is 23.4 Å². The van der Waals surface area contributed by atoms with Gasteiger partial charge in [0.15, 0.2) is 6.10 Å². The number of rotatable bonds is 37. The zero-order chi connectivity index (χ0) is 40.7. The number of unbranched alkanes of at least 4 members (excludes halogenated alkanes) is 11. The molecule has 0 saturated heterocycles. The van der Waals surface area contributed by atoms with Crippen molar-refractivity contribution in [1.82, 2.24) is 0 Å². The van der Waals surface area contributed by atoms with Crippen LogP contribution < -0.4 is 5.73 Å². The number of esters is 2. The van der Waals surface area contributed by atoms with E-state index in [1.54, 1.807) is 0 Å². The minimum absolute atomic E-state index is 0.0777. The average Bonchev–Trinajstić information content (AvgIpc) is 3.16. The monoisotopic (exact) mass is 793 g/mol. The first-order valence-corrected chi connectivity index (χ1v) is 22.0. The van der Waals surface area contributed by atoms with Crippen LogP contribution in [0.5, 0.6) is 0 Å². The van der Waals surface area contributed by atoms with E-state index in [4.69, 9.17) is 24.8 Å². The summed E-state index contributed by atoms with van der Waals surface area (Å²) >= 11 is 0. The van der Waals surface area contributed by atoms with Crippen molar-refractivity contribution in [2.75, 3.05) is 19.8 Å². The molecule has 0 aromatic carbocycles. The number of phosphoric acid groups is 1. The molecule has 55 heavy (non-hydrogen) atoms. The van der Waals surface area contributed by atoms with Crippen LogP contribution in [-0.4, -0.2) is 59.9 Å². The van der Waals surface area contributed by atoms with Crippen LogP contribution in [0, 0.1) is 0 Å². The molecule has 0 aliphatic heterocycles. The van der Waals surface area contributed by atoms with Gasteiger partial charge in [0.2, 0.25) is 0 Å². The first-order chi connectivity index (χ1) is 26.6. The zero-order valence-corrected chi connectivity index (χ0v) is 34.6. The van der Waals surface area contributed by atoms with Gasteiger partial charge in [0, 0.05) is 12.8 Å². The number of carbonyl (C=O) groups excluding carboxylic acids is 2. The molecular weight excluding hydrogens is 721 g/mol. The van der Waals surface area contributed by atoms with Crippen molar-refractivity contribution in [3.05, 3.63) is 72.9 Å². The molecule has 0 aromatic rings. The molecule has 4 N–H and O–H groups in total. The maximum atomic E-state index is 12.6. The van der Waals surface area contributed by atoms with Crippen LogP contribution in [0.25, 0.3) is 0 Å². The number of carboxylic acid groups (broad SMARTS) is 1. The number of aliphatic carboxylic acids is 1. The van der Waals surface area contributed by atoms with Crippen LogP contribution in [0.2, 0.25) is 0 Å². The number of nitrogens with two attached hydrogens (primary N) is 1. The summed E-state index contributed by atoms with van der Waals surface area (Å²) in [5.74, 6) is -2.48. The fourth-order valence-corrected chi connectivity index (χ4v) is 5.75. The Kier molecular flexibility index (Phi) is 35.7. The number of carboxylic acids is 1. The Balaban J connectivity index is 4.54. The zero-order valence-electron chi connectivity index (χ0n) is 33.7. The third kappa shape index (κ3) is 37.6. The van der Waals surface area contributed by atoms with Crippen molar-refractivity contribution < 1.29 is 47.5 Å². The van der Waals surface area contributed by atoms with E-state index in [2.05, 4.69) is 79.1 Å². The Morgan fingerprint density at radius 3 is 1.60 bits per heavy atom. The van der Waals surface area contributed by atoms with E-state index in [1.807, 2.05) is 12.2 Å². The van der Waals surface area contributed by atoms with Gasteiger partial charge in [0.25, 0.3) is 0 Å². The second-order valence-electron chi connectivity index (χ2n) is 13.4. The van der Waals surface area contributed by atoms with E-state index in [9.17, 15) is 23.8 Å². The fourth-order valence-electron chi connectivity index (χ4n) is 4.98. The smallest absolute Gasteiger partial charge is 0.472 e. The van der Waals surface area contributed by atoms with Crippen LogP contribution in [-0.2, 0) is 37.5 Å². The van der Waals surface area contributed by atoms with Gasteiger partial charge in [-0.15, -0.1) is 0 Å². The Bertz CT molecular complexity index is 1210. The van der Waals surface area contributed by atoms with Crippen molar-refractivity contribution in [2.45, 2.75) is 161 Å². The SMILES string of the molecule is CC/C=C/C/C=C/C/C=C/C/C=C/C/C=C/CCCC(=O)O[C@H](COC(=O)CCCCCCC/C=C/CCCCCCC)COP(=O)(O)OC[C@H](N)C(=O)O. The normalized spacial score (nSPS) is 14.5. The van der Waals surface area contributed by atoms with Gasteiger partial charge in [-0.25, -0.2) is 4.57 Å². The molecule has 11 nitrogen and oxygen atoms in total. The lowest BCUT2D eigenvalue weighted by molar-refractivity contribution is -0.161. The Morgan fingerprint density at radius 2 is 1.04 bits per heavy atom. The maximum Gasteiger partial charge on any atom is 0.472 e. The minimum Gasteiger partial charge on any atom is -0.480 e. The largest absolute Gasteiger partial charge is 0.480 e. The molecule has 0 saturated carbocycles. The summed E-state index contributed by atoms with van der Waals surface area (Å²) in [5, 5.41) is 8.87. The van der Waals surface area contributed by atoms with Gasteiger partial charge < -0.3 is 25.2 Å². The van der Waals surface area contributed by atoms with E-state index < -0.39 is 51.1 Å². The van der Waals surface area contributed by atoms with Gasteiger partial charge in [-0.1, -0.05) is 132 Å². The van der Waals surface area contributed by atoms with Gasteiger partial charge in [0.05, 0.1) is 13.2 Å². The van der Waals surface area contributed by atoms with Crippen molar-refractivity contribution in [2.24, 2.45) is 5.73 Å². The predicted octanol–water partition coefficient (Wildman–Crippen LogP) is 10.6. The highest BCUT2D eigenvalue weighted by Gasteiger charge is 2.28. The molecule has 0 spiro atoms. The van der Waals surface area contributed by atoms with Crippen LogP contribution in [0.1, 0.15) is 149 Å². The summed E-state index contributed by atoms with van der Waals surface area (Å²) in [6.45, 7) is 2.59. The molecular formula is C43H72NO10P. The van der Waals surface area contributed by atoms with E-state index >= 15 is 0 Å². The standard InChI is InChI=1S/C43H72NO10P/c1-3-5-7-9-11-13-15-17-19-20-21-23-25-27-29-31-33-35-42(46)54-39(37-52-55(49,50)53-38-40(44)43(47)48)36-51-41(45)34-32-30-28-26-24-22-18-16-14-12-10-8-6-4-2/h5,7,11,13,16-19,21,23,27,29,39-40H,3-4,6,8-10,12,14-15,20,22,24-26,28,30-38,44H2,1-2H3,(H,47,48)(H,49,50)/b7-5+,13-11+,18-16+,19-17+,23-21+,29-27+/t39-,40+/m1/s1. The molecule has 0 aliphatic rings. The first-order valence-electron chi connectivity index (χ1n) is 20.5. The number of hydrogen-bond acceptors (Lipinski definition) is 9. The van der Waals surface area contributed by atoms with Gasteiger partial charge >= 0.3 is 25.7 Å². The summed E-state index contributed by atoms with van der Waals surface area (Å²) in [6, 6.07) is -1.53. The van der Waals surface area contributed by atoms with Crippen LogP contribution in [0.15, 0.2) is 72.9 Å². The highest BCUT2D eigenvalue weighted by Crippen LogP contribution is 2.43. The third-order valence-electron chi connectivity index (χ3n) is 8.19. The van der Waals surface area contributed by atoms with Crippen LogP contribution in [0.4, 0.5) is 0 Å². The molecule has 314 valence electrons. The summed E-state index contributed by atoms with van der Waals surface area (Å²) in [7, 11) is -4.73. The quantitative estimate of drug-likeness (QED) is 0.0236. The molecule has 3 atom stereocenters. The number of ether oxygens (including phenoxy) is 2. The molecule has 0 aromatic heterocycles. The molecule has 0 rings (SSSR count). The second kappa shape index (κ2) is 37.8. The van der Waals surface area contributed by atoms with Crippen molar-refractivity contribution in [1.29, 1.82) is 0 Å².